The molecule has 0 atom stereocenters. The molecule has 1 saturated heterocycles. The van der Waals surface area contributed by atoms with Crippen LogP contribution in [-0.4, -0.2) is 47.8 Å². The Kier molecular flexibility index (Phi) is 3.86. The van der Waals surface area contributed by atoms with Crippen LogP contribution in [0.25, 0.3) is 0 Å². The maximum absolute atomic E-state index is 11.6. The molecule has 7 heteroatoms. The van der Waals surface area contributed by atoms with Gasteiger partial charge in [-0.2, -0.15) is 0 Å². The highest BCUT2D eigenvalue weighted by Gasteiger charge is 2.20. The zero-order chi connectivity index (χ0) is 16.5. The summed E-state index contributed by atoms with van der Waals surface area (Å²) in [6, 6.07) is 7.61. The Morgan fingerprint density at radius 1 is 1.12 bits per heavy atom. The van der Waals surface area contributed by atoms with E-state index >= 15 is 0 Å². The zero-order valence-electron chi connectivity index (χ0n) is 13.6. The number of aromatic amines is 1. The van der Waals surface area contributed by atoms with E-state index in [9.17, 15) is 4.79 Å². The molecule has 1 fully saturated rings. The Morgan fingerprint density at radius 3 is 2.71 bits per heavy atom. The van der Waals surface area contributed by atoms with Gasteiger partial charge in [0.25, 0.3) is 5.56 Å². The van der Waals surface area contributed by atoms with Gasteiger partial charge in [0.1, 0.15) is 0 Å². The van der Waals surface area contributed by atoms with Crippen molar-refractivity contribution in [2.45, 2.75) is 13.5 Å². The molecule has 2 aromatic rings. The number of rotatable bonds is 3. The fraction of sp³-hybridized carbons (Fsp3) is 0.412. The number of piperazine rings is 1. The Balaban J connectivity index is 1.38. The van der Waals surface area contributed by atoms with Crippen molar-refractivity contribution in [3.63, 3.8) is 0 Å². The molecule has 2 aliphatic heterocycles. The van der Waals surface area contributed by atoms with Crippen molar-refractivity contribution in [3.8, 4) is 11.5 Å². The van der Waals surface area contributed by atoms with Crippen LogP contribution >= 0.6 is 0 Å². The lowest BCUT2D eigenvalue weighted by Crippen LogP contribution is -2.47. The molecular weight excluding hydrogens is 308 g/mol. The van der Waals surface area contributed by atoms with Crippen molar-refractivity contribution in [2.24, 2.45) is 0 Å². The van der Waals surface area contributed by atoms with E-state index in [0.29, 0.717) is 12.7 Å². The molecule has 7 nitrogen and oxygen atoms in total. The second kappa shape index (κ2) is 6.16. The fourth-order valence-corrected chi connectivity index (χ4v) is 3.13. The van der Waals surface area contributed by atoms with E-state index in [1.807, 2.05) is 19.1 Å². The topological polar surface area (TPSA) is 70.7 Å². The molecule has 126 valence electrons. The summed E-state index contributed by atoms with van der Waals surface area (Å²) in [4.78, 5) is 23.4. The van der Waals surface area contributed by atoms with Crippen LogP contribution in [0.2, 0.25) is 0 Å². The number of hydrogen-bond donors (Lipinski definition) is 1. The SMILES string of the molecule is Cc1cc(=O)[nH]c(N2CCN(Cc3ccc4c(c3)OCO4)CC2)n1. The van der Waals surface area contributed by atoms with Gasteiger partial charge in [0, 0.05) is 44.5 Å². The van der Waals surface area contributed by atoms with Gasteiger partial charge < -0.3 is 14.4 Å². The third kappa shape index (κ3) is 3.07. The molecule has 0 radical (unpaired) electrons. The lowest BCUT2D eigenvalue weighted by molar-refractivity contribution is 0.174. The molecule has 1 aromatic carbocycles. The van der Waals surface area contributed by atoms with Crippen LogP contribution in [-0.2, 0) is 6.54 Å². The predicted molar refractivity (Wildman–Crippen MR) is 89.6 cm³/mol. The summed E-state index contributed by atoms with van der Waals surface area (Å²) in [5, 5.41) is 0. The van der Waals surface area contributed by atoms with Crippen LogP contribution < -0.4 is 19.9 Å². The van der Waals surface area contributed by atoms with Crippen molar-refractivity contribution < 1.29 is 9.47 Å². The first-order valence-corrected chi connectivity index (χ1v) is 8.11. The molecule has 0 amide bonds. The molecule has 0 spiro atoms. The van der Waals surface area contributed by atoms with Gasteiger partial charge in [0.2, 0.25) is 12.7 Å². The number of nitrogens with zero attached hydrogens (tertiary/aromatic N) is 3. The van der Waals surface area contributed by atoms with E-state index in [-0.39, 0.29) is 5.56 Å². The normalized spacial score (nSPS) is 17.3. The summed E-state index contributed by atoms with van der Waals surface area (Å²) < 4.78 is 10.8. The first kappa shape index (κ1) is 15.0. The Hall–Kier alpha value is -2.54. The first-order valence-electron chi connectivity index (χ1n) is 8.11. The van der Waals surface area contributed by atoms with Crippen LogP contribution in [0.3, 0.4) is 0 Å². The van der Waals surface area contributed by atoms with Crippen LogP contribution in [0.4, 0.5) is 5.95 Å². The summed E-state index contributed by atoms with van der Waals surface area (Å²) in [5.74, 6) is 2.31. The van der Waals surface area contributed by atoms with E-state index in [4.69, 9.17) is 9.47 Å². The zero-order valence-corrected chi connectivity index (χ0v) is 13.6. The quantitative estimate of drug-likeness (QED) is 0.911. The van der Waals surface area contributed by atoms with Gasteiger partial charge in [0.05, 0.1) is 0 Å². The molecule has 0 bridgehead atoms. The summed E-state index contributed by atoms with van der Waals surface area (Å²) in [7, 11) is 0. The predicted octanol–water partition coefficient (Wildman–Crippen LogP) is 1.13. The number of ether oxygens (including phenoxy) is 2. The number of anilines is 1. The van der Waals surface area contributed by atoms with Gasteiger partial charge in [-0.05, 0) is 24.6 Å². The van der Waals surface area contributed by atoms with Crippen molar-refractivity contribution in [2.75, 3.05) is 37.9 Å². The second-order valence-electron chi connectivity index (χ2n) is 6.16. The minimum Gasteiger partial charge on any atom is -0.454 e. The van der Waals surface area contributed by atoms with Crippen LogP contribution in [0, 0.1) is 6.92 Å². The average Bonchev–Trinajstić information content (AvgIpc) is 3.02. The smallest absolute Gasteiger partial charge is 0.252 e. The molecule has 2 aliphatic rings. The van der Waals surface area contributed by atoms with Gasteiger partial charge >= 0.3 is 0 Å². The number of fused-ring (bicyclic) bond motifs is 1. The third-order valence-corrected chi connectivity index (χ3v) is 4.37. The summed E-state index contributed by atoms with van der Waals surface area (Å²) in [6.45, 7) is 6.56. The minimum absolute atomic E-state index is 0.0970. The monoisotopic (exact) mass is 328 g/mol. The van der Waals surface area contributed by atoms with Gasteiger partial charge in [-0.3, -0.25) is 14.7 Å². The summed E-state index contributed by atoms with van der Waals surface area (Å²) >= 11 is 0. The summed E-state index contributed by atoms with van der Waals surface area (Å²) in [6.07, 6.45) is 0. The molecular formula is C17H20N4O3. The number of aryl methyl sites for hydroxylation is 1. The molecule has 4 rings (SSSR count). The number of aromatic nitrogens is 2. The standard InChI is InChI=1S/C17H20N4O3/c1-12-8-16(22)19-17(18-12)21-6-4-20(5-7-21)10-13-2-3-14-15(9-13)24-11-23-14/h2-3,8-9H,4-7,10-11H2,1H3,(H,18,19,22). The van der Waals surface area contributed by atoms with Crippen molar-refractivity contribution >= 4 is 5.95 Å². The maximum atomic E-state index is 11.6. The maximum Gasteiger partial charge on any atom is 0.252 e. The van der Waals surface area contributed by atoms with Crippen molar-refractivity contribution in [1.29, 1.82) is 0 Å². The second-order valence-corrected chi connectivity index (χ2v) is 6.16. The lowest BCUT2D eigenvalue weighted by atomic mass is 10.1. The molecule has 3 heterocycles. The highest BCUT2D eigenvalue weighted by Crippen LogP contribution is 2.32. The number of hydrogen-bond acceptors (Lipinski definition) is 6. The van der Waals surface area contributed by atoms with Gasteiger partial charge in [-0.1, -0.05) is 6.07 Å². The van der Waals surface area contributed by atoms with Gasteiger partial charge in [0.15, 0.2) is 11.5 Å². The third-order valence-electron chi connectivity index (χ3n) is 4.37. The highest BCUT2D eigenvalue weighted by atomic mass is 16.7. The van der Waals surface area contributed by atoms with Crippen molar-refractivity contribution in [3.05, 3.63) is 45.9 Å². The fourth-order valence-electron chi connectivity index (χ4n) is 3.13. The molecule has 0 aliphatic carbocycles. The summed E-state index contributed by atoms with van der Waals surface area (Å²) in [5.41, 5.74) is 1.87. The van der Waals surface area contributed by atoms with Crippen LogP contribution in [0.1, 0.15) is 11.3 Å². The van der Waals surface area contributed by atoms with E-state index < -0.39 is 0 Å². The molecule has 1 N–H and O–H groups in total. The molecule has 1 aromatic heterocycles. The molecule has 0 saturated carbocycles. The molecule has 0 unspecified atom stereocenters. The Morgan fingerprint density at radius 2 is 1.92 bits per heavy atom. The number of benzene rings is 1. The first-order chi connectivity index (χ1) is 11.7. The average molecular weight is 328 g/mol. The highest BCUT2D eigenvalue weighted by molar-refractivity contribution is 5.44. The van der Waals surface area contributed by atoms with Gasteiger partial charge in [-0.25, -0.2) is 4.98 Å². The van der Waals surface area contributed by atoms with Crippen LogP contribution in [0.5, 0.6) is 11.5 Å². The van der Waals surface area contributed by atoms with E-state index in [0.717, 1.165) is 49.9 Å². The molecule has 24 heavy (non-hydrogen) atoms. The van der Waals surface area contributed by atoms with Crippen molar-refractivity contribution in [1.82, 2.24) is 14.9 Å². The minimum atomic E-state index is -0.0970. The lowest BCUT2D eigenvalue weighted by Gasteiger charge is -2.35. The van der Waals surface area contributed by atoms with Crippen LogP contribution in [0.15, 0.2) is 29.1 Å². The van der Waals surface area contributed by atoms with E-state index in [1.165, 1.54) is 11.6 Å². The van der Waals surface area contributed by atoms with Gasteiger partial charge in [-0.15, -0.1) is 0 Å². The van der Waals surface area contributed by atoms with E-state index in [1.54, 1.807) is 0 Å². The van der Waals surface area contributed by atoms with E-state index in [2.05, 4.69) is 25.8 Å². The Bertz CT molecular complexity index is 797. The Labute approximate surface area is 139 Å². The largest absolute Gasteiger partial charge is 0.454 e. The number of H-pyrrole nitrogens is 1. The number of nitrogens with one attached hydrogen (secondary N) is 1.